The van der Waals surface area contributed by atoms with Gasteiger partial charge in [-0.25, -0.2) is 15.0 Å². The molecule has 272 valence electrons. The van der Waals surface area contributed by atoms with Crippen molar-refractivity contribution in [1.82, 2.24) is 19.5 Å². The van der Waals surface area contributed by atoms with Crippen molar-refractivity contribution < 1.29 is 0 Å². The molecule has 8 aromatic carbocycles. The molecule has 0 atom stereocenters. The van der Waals surface area contributed by atoms with E-state index in [0.717, 1.165) is 40.5 Å². The maximum Gasteiger partial charge on any atom is 0.165 e. The van der Waals surface area contributed by atoms with Crippen LogP contribution in [0.2, 0.25) is 0 Å². The van der Waals surface area contributed by atoms with Gasteiger partial charge in [0, 0.05) is 58.9 Å². The van der Waals surface area contributed by atoms with E-state index in [1.54, 1.807) is 0 Å². The van der Waals surface area contributed by atoms with E-state index in [1.807, 2.05) is 17.4 Å². The molecule has 0 aliphatic heterocycles. The van der Waals surface area contributed by atoms with Crippen LogP contribution in [0.3, 0.4) is 0 Å². The Bertz CT molecular complexity index is 3450. The van der Waals surface area contributed by atoms with Gasteiger partial charge < -0.3 is 4.57 Å². The van der Waals surface area contributed by atoms with E-state index in [-0.39, 0.29) is 0 Å². The quantitative estimate of drug-likeness (QED) is 0.176. The Balaban J connectivity index is 1.04. The Hall–Kier alpha value is -7.21. The van der Waals surface area contributed by atoms with Crippen molar-refractivity contribution in [1.29, 1.82) is 0 Å². The van der Waals surface area contributed by atoms with Gasteiger partial charge in [-0.15, -0.1) is 11.3 Å². The molecule has 4 nitrogen and oxygen atoms in total. The summed E-state index contributed by atoms with van der Waals surface area (Å²) in [6.07, 6.45) is 6.80. The Labute approximate surface area is 339 Å². The van der Waals surface area contributed by atoms with E-state index in [4.69, 9.17) is 15.0 Å². The van der Waals surface area contributed by atoms with Crippen molar-refractivity contribution in [2.24, 2.45) is 0 Å². The number of thiophene rings is 1. The third-order valence-corrected chi connectivity index (χ3v) is 12.9. The Morgan fingerprint density at radius 1 is 0.483 bits per heavy atom. The fraction of sp³-hybridized carbons (Fsp3) is 0.0377. The fourth-order valence-corrected chi connectivity index (χ4v) is 10.1. The predicted octanol–water partition coefficient (Wildman–Crippen LogP) is 14.1. The molecule has 12 rings (SSSR count). The maximum atomic E-state index is 5.23. The van der Waals surface area contributed by atoms with Crippen LogP contribution in [0.5, 0.6) is 0 Å². The highest BCUT2D eigenvalue weighted by Gasteiger charge is 2.21. The van der Waals surface area contributed by atoms with Crippen molar-refractivity contribution in [2.45, 2.75) is 12.8 Å². The summed E-state index contributed by atoms with van der Waals surface area (Å²) in [6, 6.07) is 60.8. The molecule has 1 aliphatic carbocycles. The molecule has 0 unspecified atom stereocenters. The lowest BCUT2D eigenvalue weighted by Crippen LogP contribution is -2.00. The first-order valence-corrected chi connectivity index (χ1v) is 20.6. The average molecular weight is 759 g/mol. The smallest absolute Gasteiger partial charge is 0.165 e. The zero-order valence-corrected chi connectivity index (χ0v) is 32.2. The third kappa shape index (κ3) is 5.32. The second-order valence-corrected chi connectivity index (χ2v) is 16.2. The summed E-state index contributed by atoms with van der Waals surface area (Å²) in [5.74, 6) is 1.97. The number of para-hydroxylation sites is 1. The van der Waals surface area contributed by atoms with E-state index in [1.165, 1.54) is 69.7 Å². The van der Waals surface area contributed by atoms with Crippen LogP contribution >= 0.6 is 11.3 Å². The highest BCUT2D eigenvalue weighted by molar-refractivity contribution is 7.26. The van der Waals surface area contributed by atoms with Crippen LogP contribution in [-0.4, -0.2) is 19.5 Å². The minimum absolute atomic E-state index is 0.650. The lowest BCUT2D eigenvalue weighted by atomic mass is 9.95. The van der Waals surface area contributed by atoms with E-state index < -0.39 is 0 Å². The molecule has 0 radical (unpaired) electrons. The van der Waals surface area contributed by atoms with Gasteiger partial charge in [0.15, 0.2) is 17.5 Å². The minimum Gasteiger partial charge on any atom is -0.309 e. The number of fused-ring (bicyclic) bond motifs is 9. The number of hydrogen-bond donors (Lipinski definition) is 0. The number of benzene rings is 8. The summed E-state index contributed by atoms with van der Waals surface area (Å²) in [6.45, 7) is 0. The Morgan fingerprint density at radius 3 is 2.09 bits per heavy atom. The Kier molecular flexibility index (Phi) is 7.50. The molecule has 3 heterocycles. The van der Waals surface area contributed by atoms with Gasteiger partial charge in [-0.1, -0.05) is 152 Å². The van der Waals surface area contributed by atoms with Crippen molar-refractivity contribution in [3.8, 4) is 51.0 Å². The Morgan fingerprint density at radius 2 is 1.19 bits per heavy atom. The number of rotatable bonds is 5. The molecule has 58 heavy (non-hydrogen) atoms. The summed E-state index contributed by atoms with van der Waals surface area (Å²) >= 11 is 1.81. The average Bonchev–Trinajstić information content (AvgIpc) is 3.85. The van der Waals surface area contributed by atoms with Crippen molar-refractivity contribution in [2.75, 3.05) is 0 Å². The number of aromatic nitrogens is 4. The first-order valence-electron chi connectivity index (χ1n) is 19.8. The topological polar surface area (TPSA) is 43.6 Å². The number of nitrogens with zero attached hydrogens (tertiary/aromatic N) is 4. The van der Waals surface area contributed by atoms with E-state index in [2.05, 4.69) is 181 Å². The highest BCUT2D eigenvalue weighted by Crippen LogP contribution is 2.43. The molecule has 0 N–H and O–H groups in total. The van der Waals surface area contributed by atoms with Gasteiger partial charge in [-0.2, -0.15) is 0 Å². The minimum atomic E-state index is 0.650. The molecule has 1 aliphatic rings. The molecular weight excluding hydrogens is 725 g/mol. The SMILES string of the molecule is C1=Cc2c(ccc3c4ccccc4n(-c4ccc5c(c4)sc4c(-c6nc(-c7ccc(-c8ccccc8)cc7)nc(-c7ccc8ccccc8c7)n6)cccc45)c23)CC1. The molecule has 5 heteroatoms. The van der Waals surface area contributed by atoms with Crippen LogP contribution < -0.4 is 0 Å². The van der Waals surface area contributed by atoms with Crippen LogP contribution in [-0.2, 0) is 6.42 Å². The van der Waals surface area contributed by atoms with Gasteiger partial charge in [-0.05, 0) is 70.6 Å². The van der Waals surface area contributed by atoms with Crippen LogP contribution in [0.1, 0.15) is 17.5 Å². The van der Waals surface area contributed by atoms with Crippen molar-refractivity contribution in [3.05, 3.63) is 187 Å². The van der Waals surface area contributed by atoms with Gasteiger partial charge in [-0.3, -0.25) is 0 Å². The van der Waals surface area contributed by atoms with E-state index >= 15 is 0 Å². The zero-order valence-electron chi connectivity index (χ0n) is 31.4. The van der Waals surface area contributed by atoms with Gasteiger partial charge in [0.25, 0.3) is 0 Å². The highest BCUT2D eigenvalue weighted by atomic mass is 32.1. The second kappa shape index (κ2) is 13.2. The van der Waals surface area contributed by atoms with E-state index in [9.17, 15) is 0 Å². The molecule has 0 saturated heterocycles. The number of hydrogen-bond acceptors (Lipinski definition) is 4. The molecule has 0 saturated carbocycles. The van der Waals surface area contributed by atoms with Gasteiger partial charge in [0.1, 0.15) is 0 Å². The predicted molar refractivity (Wildman–Crippen MR) is 244 cm³/mol. The largest absolute Gasteiger partial charge is 0.309 e. The number of aryl methyl sites for hydroxylation is 1. The normalized spacial score (nSPS) is 12.6. The third-order valence-electron chi connectivity index (χ3n) is 11.7. The molecular formula is C53H34N4S. The summed E-state index contributed by atoms with van der Waals surface area (Å²) in [7, 11) is 0. The summed E-state index contributed by atoms with van der Waals surface area (Å²) in [5.41, 5.74) is 11.7. The van der Waals surface area contributed by atoms with Crippen LogP contribution in [0.15, 0.2) is 176 Å². The van der Waals surface area contributed by atoms with Crippen LogP contribution in [0.4, 0.5) is 0 Å². The second-order valence-electron chi connectivity index (χ2n) is 15.1. The molecule has 0 spiro atoms. The fourth-order valence-electron chi connectivity index (χ4n) is 8.86. The maximum absolute atomic E-state index is 5.23. The number of allylic oxidation sites excluding steroid dienone is 1. The monoisotopic (exact) mass is 758 g/mol. The first kappa shape index (κ1) is 33.0. The van der Waals surface area contributed by atoms with Crippen molar-refractivity contribution >= 4 is 70.2 Å². The first-order chi connectivity index (χ1) is 28.7. The standard InChI is InChI=1S/C53H34N4S/c1-2-11-33(12-3-1)35-21-24-37(25-22-35)51-54-52(39-26-23-34-13-4-5-15-38(34)31-39)56-53(55-51)46-19-10-18-45-43-30-28-40(32-48(43)58-50(45)46)57-47-20-9-8-17-42(47)44-29-27-36-14-6-7-16-41(36)49(44)57/h1-5,7-13,15-32H,6,14H2. The summed E-state index contributed by atoms with van der Waals surface area (Å²) in [5, 5.41) is 7.34. The molecule has 0 fully saturated rings. The zero-order chi connectivity index (χ0) is 38.2. The lowest BCUT2D eigenvalue weighted by molar-refractivity contribution is 0.986. The molecule has 11 aromatic rings. The molecule has 0 bridgehead atoms. The van der Waals surface area contributed by atoms with Gasteiger partial charge in [0.2, 0.25) is 0 Å². The van der Waals surface area contributed by atoms with Gasteiger partial charge in [0.05, 0.1) is 11.0 Å². The lowest BCUT2D eigenvalue weighted by Gasteiger charge is -2.15. The van der Waals surface area contributed by atoms with Crippen LogP contribution in [0.25, 0.3) is 110 Å². The van der Waals surface area contributed by atoms with E-state index in [0.29, 0.717) is 17.5 Å². The molecule has 0 amide bonds. The summed E-state index contributed by atoms with van der Waals surface area (Å²) < 4.78 is 4.87. The molecule has 3 aromatic heterocycles. The van der Waals surface area contributed by atoms with Crippen LogP contribution in [0, 0.1) is 0 Å². The summed E-state index contributed by atoms with van der Waals surface area (Å²) in [4.78, 5) is 15.6. The van der Waals surface area contributed by atoms with Gasteiger partial charge >= 0.3 is 0 Å². The van der Waals surface area contributed by atoms with Crippen molar-refractivity contribution in [3.63, 3.8) is 0 Å².